The van der Waals surface area contributed by atoms with Gasteiger partial charge in [-0.2, -0.15) is 0 Å². The number of para-hydroxylation sites is 1. The monoisotopic (exact) mass is 224 g/mol. The Hall–Kier alpha value is -0.890. The van der Waals surface area contributed by atoms with Gasteiger partial charge in [0.2, 0.25) is 0 Å². The van der Waals surface area contributed by atoms with Gasteiger partial charge in [0.25, 0.3) is 0 Å². The Labute approximate surface area is 96.0 Å². The molecule has 1 aliphatic rings. The zero-order chi connectivity index (χ0) is 11.1. The minimum atomic E-state index is 0.384. The lowest BCUT2D eigenvalue weighted by Gasteiger charge is -2.23. The molecular formula is C12H17ClN2. The molecule has 0 radical (unpaired) electrons. The Bertz CT molecular complexity index is 374. The molecule has 1 fully saturated rings. The first-order chi connectivity index (χ1) is 6.99. The minimum Gasteiger partial charge on any atom is -0.396 e. The highest BCUT2D eigenvalue weighted by molar-refractivity contribution is 6.33. The first kappa shape index (κ1) is 10.6. The van der Waals surface area contributed by atoms with Crippen molar-refractivity contribution in [1.82, 2.24) is 0 Å². The number of nitrogens with two attached hydrogens (primary N) is 1. The van der Waals surface area contributed by atoms with Gasteiger partial charge in [-0.15, -0.1) is 0 Å². The third kappa shape index (κ3) is 2.05. The molecule has 1 aromatic carbocycles. The van der Waals surface area contributed by atoms with E-state index in [0.29, 0.717) is 16.1 Å². The van der Waals surface area contributed by atoms with Crippen LogP contribution in [0.1, 0.15) is 20.3 Å². The molecule has 0 bridgehead atoms. The number of benzene rings is 1. The zero-order valence-electron chi connectivity index (χ0n) is 9.26. The van der Waals surface area contributed by atoms with Crippen molar-refractivity contribution in [1.29, 1.82) is 0 Å². The maximum absolute atomic E-state index is 6.01. The topological polar surface area (TPSA) is 29.3 Å². The van der Waals surface area contributed by atoms with Crippen LogP contribution in [-0.4, -0.2) is 13.1 Å². The van der Waals surface area contributed by atoms with E-state index in [1.165, 1.54) is 6.42 Å². The number of nitrogens with zero attached hydrogens (tertiary/aromatic N) is 1. The highest BCUT2D eigenvalue weighted by Gasteiger charge is 2.30. The fourth-order valence-corrected chi connectivity index (χ4v) is 2.29. The van der Waals surface area contributed by atoms with E-state index in [0.717, 1.165) is 18.8 Å². The molecule has 2 rings (SSSR count). The third-order valence-electron chi connectivity index (χ3n) is 3.05. The summed E-state index contributed by atoms with van der Waals surface area (Å²) in [5, 5.41) is 0.650. The Balaban J connectivity index is 2.28. The molecule has 3 heteroatoms. The molecule has 0 spiro atoms. The van der Waals surface area contributed by atoms with Gasteiger partial charge in [-0.05, 0) is 24.0 Å². The third-order valence-corrected chi connectivity index (χ3v) is 3.38. The van der Waals surface area contributed by atoms with Gasteiger partial charge in [-0.1, -0.05) is 31.5 Å². The molecule has 2 nitrogen and oxygen atoms in total. The molecule has 0 aliphatic carbocycles. The smallest absolute Gasteiger partial charge is 0.0741 e. The van der Waals surface area contributed by atoms with Gasteiger partial charge < -0.3 is 10.6 Å². The maximum atomic E-state index is 6.01. The predicted molar refractivity (Wildman–Crippen MR) is 66.5 cm³/mol. The van der Waals surface area contributed by atoms with Crippen LogP contribution >= 0.6 is 11.6 Å². The molecule has 82 valence electrons. The highest BCUT2D eigenvalue weighted by atomic mass is 35.5. The summed E-state index contributed by atoms with van der Waals surface area (Å²) >= 11 is 6.01. The van der Waals surface area contributed by atoms with Crippen LogP contribution in [0, 0.1) is 5.41 Å². The molecule has 1 heterocycles. The molecule has 2 N–H and O–H groups in total. The lowest BCUT2D eigenvalue weighted by Crippen LogP contribution is -2.23. The number of hydrogen-bond acceptors (Lipinski definition) is 2. The second-order valence-corrected chi connectivity index (χ2v) is 5.42. The van der Waals surface area contributed by atoms with Crippen molar-refractivity contribution < 1.29 is 0 Å². The van der Waals surface area contributed by atoms with Gasteiger partial charge in [-0.25, -0.2) is 0 Å². The van der Waals surface area contributed by atoms with Crippen molar-refractivity contribution >= 4 is 23.0 Å². The number of nitrogen functional groups attached to an aromatic ring is 1. The van der Waals surface area contributed by atoms with E-state index in [1.54, 1.807) is 0 Å². The summed E-state index contributed by atoms with van der Waals surface area (Å²) < 4.78 is 0. The van der Waals surface area contributed by atoms with Crippen molar-refractivity contribution in [2.24, 2.45) is 5.41 Å². The van der Waals surface area contributed by atoms with Crippen LogP contribution in [0.25, 0.3) is 0 Å². The van der Waals surface area contributed by atoms with E-state index in [1.807, 2.05) is 18.2 Å². The van der Waals surface area contributed by atoms with Crippen LogP contribution in [0.15, 0.2) is 18.2 Å². The first-order valence-corrected chi connectivity index (χ1v) is 5.66. The number of hydrogen-bond donors (Lipinski definition) is 1. The number of halogens is 1. The number of anilines is 2. The molecule has 0 amide bonds. The van der Waals surface area contributed by atoms with Gasteiger partial charge in [0.1, 0.15) is 0 Å². The predicted octanol–water partition coefficient (Wildman–Crippen LogP) is 3.16. The lowest BCUT2D eigenvalue weighted by atomic mass is 9.93. The summed E-state index contributed by atoms with van der Waals surface area (Å²) in [6.07, 6.45) is 1.21. The standard InChI is InChI=1S/C12H17ClN2/c1-12(2)6-7-15(8-12)10-5-3-4-9(13)11(10)14/h3-5H,6-8,14H2,1-2H3. The molecule has 0 aromatic heterocycles. The molecule has 1 aliphatic heterocycles. The fourth-order valence-electron chi connectivity index (χ4n) is 2.12. The first-order valence-electron chi connectivity index (χ1n) is 5.28. The Morgan fingerprint density at radius 1 is 1.40 bits per heavy atom. The fraction of sp³-hybridized carbons (Fsp3) is 0.500. The van der Waals surface area contributed by atoms with Crippen LogP contribution in [0.3, 0.4) is 0 Å². The molecule has 15 heavy (non-hydrogen) atoms. The molecule has 1 saturated heterocycles. The van der Waals surface area contributed by atoms with Crippen LogP contribution < -0.4 is 10.6 Å². The van der Waals surface area contributed by atoms with Crippen LogP contribution in [0.5, 0.6) is 0 Å². The van der Waals surface area contributed by atoms with Gasteiger partial charge in [0.05, 0.1) is 16.4 Å². The second-order valence-electron chi connectivity index (χ2n) is 5.01. The van der Waals surface area contributed by atoms with Crippen molar-refractivity contribution in [3.63, 3.8) is 0 Å². The van der Waals surface area contributed by atoms with Crippen molar-refractivity contribution in [3.8, 4) is 0 Å². The SMILES string of the molecule is CC1(C)CCN(c2cccc(Cl)c2N)C1. The van der Waals surface area contributed by atoms with Gasteiger partial charge in [0.15, 0.2) is 0 Å². The van der Waals surface area contributed by atoms with Gasteiger partial charge in [-0.3, -0.25) is 0 Å². The summed E-state index contributed by atoms with van der Waals surface area (Å²) in [5.74, 6) is 0. The van der Waals surface area contributed by atoms with Gasteiger partial charge in [0, 0.05) is 13.1 Å². The summed E-state index contributed by atoms with van der Waals surface area (Å²) in [6, 6.07) is 5.84. The van der Waals surface area contributed by atoms with Crippen molar-refractivity contribution in [2.45, 2.75) is 20.3 Å². The number of rotatable bonds is 1. The summed E-state index contributed by atoms with van der Waals surface area (Å²) in [5.41, 5.74) is 8.14. The van der Waals surface area contributed by atoms with E-state index >= 15 is 0 Å². The van der Waals surface area contributed by atoms with E-state index in [9.17, 15) is 0 Å². The average Bonchev–Trinajstić information content (AvgIpc) is 2.51. The van der Waals surface area contributed by atoms with Crippen molar-refractivity contribution in [2.75, 3.05) is 23.7 Å². The van der Waals surface area contributed by atoms with E-state index in [-0.39, 0.29) is 0 Å². The van der Waals surface area contributed by atoms with Crippen LogP contribution in [0.4, 0.5) is 11.4 Å². The Morgan fingerprint density at radius 3 is 2.73 bits per heavy atom. The highest BCUT2D eigenvalue weighted by Crippen LogP contribution is 2.37. The Morgan fingerprint density at radius 2 is 2.13 bits per heavy atom. The van der Waals surface area contributed by atoms with E-state index in [2.05, 4.69) is 18.7 Å². The van der Waals surface area contributed by atoms with Crippen LogP contribution in [0.2, 0.25) is 5.02 Å². The van der Waals surface area contributed by atoms with E-state index in [4.69, 9.17) is 17.3 Å². The summed E-state index contributed by atoms with van der Waals surface area (Å²) in [4.78, 5) is 2.32. The van der Waals surface area contributed by atoms with Crippen LogP contribution in [-0.2, 0) is 0 Å². The summed E-state index contributed by atoms with van der Waals surface area (Å²) in [6.45, 7) is 6.69. The molecule has 1 aromatic rings. The Kier molecular flexibility index (Phi) is 2.55. The lowest BCUT2D eigenvalue weighted by molar-refractivity contribution is 0.418. The average molecular weight is 225 g/mol. The summed E-state index contributed by atoms with van der Waals surface area (Å²) in [7, 11) is 0. The normalized spacial score (nSPS) is 19.5. The molecule has 0 atom stereocenters. The maximum Gasteiger partial charge on any atom is 0.0741 e. The quantitative estimate of drug-likeness (QED) is 0.743. The van der Waals surface area contributed by atoms with Gasteiger partial charge >= 0.3 is 0 Å². The largest absolute Gasteiger partial charge is 0.396 e. The molecule has 0 saturated carbocycles. The molecular weight excluding hydrogens is 208 g/mol. The van der Waals surface area contributed by atoms with E-state index < -0.39 is 0 Å². The zero-order valence-corrected chi connectivity index (χ0v) is 10.0. The second kappa shape index (κ2) is 3.60. The minimum absolute atomic E-state index is 0.384. The van der Waals surface area contributed by atoms with Crippen molar-refractivity contribution in [3.05, 3.63) is 23.2 Å². The molecule has 0 unspecified atom stereocenters.